The van der Waals surface area contributed by atoms with Crippen molar-refractivity contribution in [1.82, 2.24) is 10.1 Å². The number of nitrogens with zero attached hydrogens (tertiary/aromatic N) is 2. The van der Waals surface area contributed by atoms with Crippen LogP contribution in [0.15, 0.2) is 34.9 Å². The smallest absolute Gasteiger partial charge is 0.244 e. The first-order chi connectivity index (χ1) is 10.2. The summed E-state index contributed by atoms with van der Waals surface area (Å²) < 4.78 is 5.33. The SMILES string of the molecule is C#CCC(N)c1nc(C(CC)(CC)c2ccccc2)no1. The third-order valence-electron chi connectivity index (χ3n) is 4.06. The van der Waals surface area contributed by atoms with E-state index in [1.807, 2.05) is 18.2 Å². The average Bonchev–Trinajstić information content (AvgIpc) is 3.01. The number of hydrogen-bond donors (Lipinski definition) is 1. The molecule has 0 saturated carbocycles. The molecule has 2 aromatic rings. The van der Waals surface area contributed by atoms with Crippen LogP contribution in [0.25, 0.3) is 0 Å². The Hall–Kier alpha value is -2.12. The van der Waals surface area contributed by atoms with Gasteiger partial charge in [-0.3, -0.25) is 0 Å². The predicted octanol–water partition coefficient (Wildman–Crippen LogP) is 3.20. The van der Waals surface area contributed by atoms with Gasteiger partial charge in [-0.05, 0) is 18.4 Å². The molecule has 1 heterocycles. The van der Waals surface area contributed by atoms with Crippen LogP contribution in [0.4, 0.5) is 0 Å². The summed E-state index contributed by atoms with van der Waals surface area (Å²) >= 11 is 0. The van der Waals surface area contributed by atoms with E-state index in [9.17, 15) is 0 Å². The molecule has 4 heteroatoms. The van der Waals surface area contributed by atoms with Crippen molar-refractivity contribution in [2.24, 2.45) is 5.73 Å². The third-order valence-corrected chi connectivity index (χ3v) is 4.06. The molecule has 0 bridgehead atoms. The maximum Gasteiger partial charge on any atom is 0.244 e. The Bertz CT molecular complexity index is 608. The largest absolute Gasteiger partial charge is 0.338 e. The first kappa shape index (κ1) is 15.3. The Balaban J connectivity index is 2.43. The Kier molecular flexibility index (Phi) is 4.77. The van der Waals surface area contributed by atoms with Crippen molar-refractivity contribution in [2.75, 3.05) is 0 Å². The van der Waals surface area contributed by atoms with Gasteiger partial charge in [0.25, 0.3) is 0 Å². The molecule has 110 valence electrons. The van der Waals surface area contributed by atoms with Gasteiger partial charge in [0.1, 0.15) is 0 Å². The Morgan fingerprint density at radius 1 is 1.29 bits per heavy atom. The van der Waals surface area contributed by atoms with Crippen LogP contribution in [0.1, 0.15) is 56.4 Å². The van der Waals surface area contributed by atoms with Crippen LogP contribution >= 0.6 is 0 Å². The minimum atomic E-state index is -0.404. The molecule has 4 nitrogen and oxygen atoms in total. The van der Waals surface area contributed by atoms with E-state index < -0.39 is 6.04 Å². The lowest BCUT2D eigenvalue weighted by Crippen LogP contribution is -2.27. The van der Waals surface area contributed by atoms with Crippen LogP contribution in [0, 0.1) is 12.3 Å². The highest BCUT2D eigenvalue weighted by Gasteiger charge is 2.36. The molecule has 1 aromatic carbocycles. The molecular formula is C17H21N3O. The lowest BCUT2D eigenvalue weighted by molar-refractivity contribution is 0.339. The van der Waals surface area contributed by atoms with E-state index in [2.05, 4.69) is 42.0 Å². The summed E-state index contributed by atoms with van der Waals surface area (Å²) in [5.74, 6) is 3.61. The van der Waals surface area contributed by atoms with Crippen LogP contribution in [0.2, 0.25) is 0 Å². The number of rotatable bonds is 6. The van der Waals surface area contributed by atoms with Crippen LogP contribution in [0.3, 0.4) is 0 Å². The van der Waals surface area contributed by atoms with Crippen molar-refractivity contribution in [2.45, 2.75) is 44.6 Å². The van der Waals surface area contributed by atoms with Gasteiger partial charge in [0.2, 0.25) is 5.89 Å². The minimum Gasteiger partial charge on any atom is -0.338 e. The molecule has 0 aliphatic heterocycles. The Labute approximate surface area is 125 Å². The van der Waals surface area contributed by atoms with Crippen LogP contribution in [0.5, 0.6) is 0 Å². The van der Waals surface area contributed by atoms with Gasteiger partial charge in [-0.1, -0.05) is 49.3 Å². The van der Waals surface area contributed by atoms with E-state index >= 15 is 0 Å². The standard InChI is InChI=1S/C17H21N3O/c1-4-10-14(18)15-19-16(20-21-15)17(5-2,6-3)13-11-8-7-9-12-13/h1,7-9,11-12,14H,5-6,10,18H2,2-3H3. The van der Waals surface area contributed by atoms with Gasteiger partial charge in [-0.2, -0.15) is 4.98 Å². The van der Waals surface area contributed by atoms with Gasteiger partial charge >= 0.3 is 0 Å². The fourth-order valence-corrected chi connectivity index (χ4v) is 2.66. The minimum absolute atomic E-state index is 0.251. The number of hydrogen-bond acceptors (Lipinski definition) is 4. The van der Waals surface area contributed by atoms with Crippen molar-refractivity contribution in [3.05, 3.63) is 47.6 Å². The zero-order valence-electron chi connectivity index (χ0n) is 12.5. The van der Waals surface area contributed by atoms with E-state index in [4.69, 9.17) is 16.7 Å². The van der Waals surface area contributed by atoms with Crippen molar-refractivity contribution >= 4 is 0 Å². The lowest BCUT2D eigenvalue weighted by atomic mass is 9.75. The summed E-state index contributed by atoms with van der Waals surface area (Å²) in [4.78, 5) is 4.52. The van der Waals surface area contributed by atoms with Crippen molar-refractivity contribution in [1.29, 1.82) is 0 Å². The molecule has 1 unspecified atom stereocenters. The van der Waals surface area contributed by atoms with E-state index in [0.29, 0.717) is 18.1 Å². The quantitative estimate of drug-likeness (QED) is 0.827. The molecular weight excluding hydrogens is 262 g/mol. The van der Waals surface area contributed by atoms with Crippen molar-refractivity contribution < 1.29 is 4.52 Å². The van der Waals surface area contributed by atoms with Crippen LogP contribution < -0.4 is 5.73 Å². The van der Waals surface area contributed by atoms with Crippen molar-refractivity contribution in [3.8, 4) is 12.3 Å². The highest BCUT2D eigenvalue weighted by atomic mass is 16.5. The van der Waals surface area contributed by atoms with E-state index in [0.717, 1.165) is 12.8 Å². The predicted molar refractivity (Wildman–Crippen MR) is 82.5 cm³/mol. The zero-order chi connectivity index (χ0) is 15.3. The second-order valence-electron chi connectivity index (χ2n) is 5.13. The molecule has 0 amide bonds. The van der Waals surface area contributed by atoms with E-state index in [-0.39, 0.29) is 5.41 Å². The fraction of sp³-hybridized carbons (Fsp3) is 0.412. The van der Waals surface area contributed by atoms with Gasteiger partial charge in [0.15, 0.2) is 5.82 Å². The maximum absolute atomic E-state index is 5.94. The molecule has 0 spiro atoms. The molecule has 2 N–H and O–H groups in total. The maximum atomic E-state index is 5.94. The first-order valence-electron chi connectivity index (χ1n) is 7.26. The zero-order valence-corrected chi connectivity index (χ0v) is 12.5. The van der Waals surface area contributed by atoms with Gasteiger partial charge in [-0.15, -0.1) is 12.3 Å². The second kappa shape index (κ2) is 6.55. The molecule has 2 rings (SSSR count). The molecule has 1 atom stereocenters. The average molecular weight is 283 g/mol. The van der Waals surface area contributed by atoms with Gasteiger partial charge in [0, 0.05) is 6.42 Å². The number of terminal acetylenes is 1. The lowest BCUT2D eigenvalue weighted by Gasteiger charge is -2.28. The molecule has 0 saturated heterocycles. The summed E-state index contributed by atoms with van der Waals surface area (Å²) in [7, 11) is 0. The third kappa shape index (κ3) is 2.84. The second-order valence-corrected chi connectivity index (χ2v) is 5.13. The Morgan fingerprint density at radius 3 is 2.52 bits per heavy atom. The van der Waals surface area contributed by atoms with Gasteiger partial charge < -0.3 is 10.3 Å². The summed E-state index contributed by atoms with van der Waals surface area (Å²) in [5, 5.41) is 4.18. The van der Waals surface area contributed by atoms with E-state index in [1.165, 1.54) is 5.56 Å². The molecule has 21 heavy (non-hydrogen) atoms. The van der Waals surface area contributed by atoms with Crippen LogP contribution in [-0.2, 0) is 5.41 Å². The summed E-state index contributed by atoms with van der Waals surface area (Å²) in [6, 6.07) is 9.86. The summed E-state index contributed by atoms with van der Waals surface area (Å²) in [6.07, 6.45) is 7.44. The topological polar surface area (TPSA) is 64.9 Å². The highest BCUT2D eigenvalue weighted by molar-refractivity contribution is 5.32. The van der Waals surface area contributed by atoms with Crippen LogP contribution in [-0.4, -0.2) is 10.1 Å². The molecule has 0 radical (unpaired) electrons. The van der Waals surface area contributed by atoms with Crippen molar-refractivity contribution in [3.63, 3.8) is 0 Å². The van der Waals surface area contributed by atoms with Gasteiger partial charge in [0.05, 0.1) is 11.5 Å². The number of nitrogens with two attached hydrogens (primary N) is 1. The number of aromatic nitrogens is 2. The highest BCUT2D eigenvalue weighted by Crippen LogP contribution is 2.37. The Morgan fingerprint density at radius 2 is 1.95 bits per heavy atom. The summed E-state index contributed by atoms with van der Waals surface area (Å²) in [5.41, 5.74) is 6.88. The summed E-state index contributed by atoms with van der Waals surface area (Å²) in [6.45, 7) is 4.27. The number of benzene rings is 1. The molecule has 0 aliphatic rings. The molecule has 1 aromatic heterocycles. The fourth-order valence-electron chi connectivity index (χ4n) is 2.66. The molecule has 0 aliphatic carbocycles. The normalized spacial score (nSPS) is 12.9. The van der Waals surface area contributed by atoms with E-state index in [1.54, 1.807) is 0 Å². The monoisotopic (exact) mass is 283 g/mol. The first-order valence-corrected chi connectivity index (χ1v) is 7.26. The van der Waals surface area contributed by atoms with Gasteiger partial charge in [-0.25, -0.2) is 0 Å². The molecule has 0 fully saturated rings.